The summed E-state index contributed by atoms with van der Waals surface area (Å²) in [4.78, 5) is 10.3. The third kappa shape index (κ3) is 3.17. The van der Waals surface area contributed by atoms with Gasteiger partial charge in [-0.2, -0.15) is 5.10 Å². The van der Waals surface area contributed by atoms with Crippen molar-refractivity contribution in [1.82, 2.24) is 19.7 Å². The zero-order valence-electron chi connectivity index (χ0n) is 14.2. The first-order valence-electron chi connectivity index (χ1n) is 8.40. The van der Waals surface area contributed by atoms with Crippen molar-refractivity contribution in [2.75, 3.05) is 6.54 Å². The topological polar surface area (TPSA) is 38.3 Å². The van der Waals surface area contributed by atoms with Crippen LogP contribution in [0.3, 0.4) is 0 Å². The highest BCUT2D eigenvalue weighted by Gasteiger charge is 2.20. The Balaban J connectivity index is 1.51. The largest absolute Gasteiger partial charge is 0.291 e. The van der Waals surface area contributed by atoms with Gasteiger partial charge in [0.1, 0.15) is 5.69 Å². The fourth-order valence-electron chi connectivity index (χ4n) is 3.26. The van der Waals surface area contributed by atoms with E-state index in [1.54, 1.807) is 0 Å². The van der Waals surface area contributed by atoms with Crippen LogP contribution in [0.25, 0.3) is 16.2 Å². The fourth-order valence-corrected chi connectivity index (χ4v) is 3.26. The van der Waals surface area contributed by atoms with Gasteiger partial charge >= 0.3 is 0 Å². The molecule has 5 nitrogen and oxygen atoms in total. The molecule has 2 aromatic heterocycles. The highest BCUT2D eigenvalue weighted by molar-refractivity contribution is 5.58. The summed E-state index contributed by atoms with van der Waals surface area (Å²) in [7, 11) is 0. The molecule has 0 fully saturated rings. The second kappa shape index (κ2) is 6.50. The van der Waals surface area contributed by atoms with Gasteiger partial charge in [-0.3, -0.25) is 14.6 Å². The maximum absolute atomic E-state index is 7.04. The first-order chi connectivity index (χ1) is 12.2. The summed E-state index contributed by atoms with van der Waals surface area (Å²) in [5.74, 6) is 0. The summed E-state index contributed by atoms with van der Waals surface area (Å²) >= 11 is 0. The van der Waals surface area contributed by atoms with Crippen molar-refractivity contribution in [2.45, 2.75) is 26.6 Å². The number of hydrogen-bond acceptors (Lipinski definition) is 3. The van der Waals surface area contributed by atoms with Gasteiger partial charge in [-0.1, -0.05) is 30.3 Å². The highest BCUT2D eigenvalue weighted by Crippen LogP contribution is 2.24. The molecule has 0 saturated heterocycles. The molecule has 3 heterocycles. The highest BCUT2D eigenvalue weighted by atomic mass is 15.3. The molecular weight excluding hydrogens is 310 g/mol. The second-order valence-corrected chi connectivity index (χ2v) is 6.40. The van der Waals surface area contributed by atoms with E-state index in [-0.39, 0.29) is 0 Å². The average Bonchev–Trinajstić information content (AvgIpc) is 3.06. The molecule has 0 spiro atoms. The first kappa shape index (κ1) is 15.6. The lowest BCUT2D eigenvalue weighted by molar-refractivity contribution is 0.205. The molecule has 124 valence electrons. The minimum Gasteiger partial charge on any atom is -0.291 e. The molecule has 1 aliphatic rings. The molecule has 0 radical (unpaired) electrons. The van der Waals surface area contributed by atoms with Gasteiger partial charge < -0.3 is 0 Å². The monoisotopic (exact) mass is 329 g/mol. The number of nitrogens with zero attached hydrogens (tertiary/aromatic N) is 5. The Morgan fingerprint density at radius 2 is 2.00 bits per heavy atom. The van der Waals surface area contributed by atoms with Gasteiger partial charge in [0.2, 0.25) is 0 Å². The van der Waals surface area contributed by atoms with Crippen molar-refractivity contribution >= 4 is 5.69 Å². The molecule has 0 atom stereocenters. The molecule has 0 N–H and O–H groups in total. The van der Waals surface area contributed by atoms with Crippen molar-refractivity contribution in [3.63, 3.8) is 0 Å². The predicted octanol–water partition coefficient (Wildman–Crippen LogP) is 3.82. The van der Waals surface area contributed by atoms with Gasteiger partial charge in [0.05, 0.1) is 24.5 Å². The molecule has 5 heteroatoms. The van der Waals surface area contributed by atoms with E-state index in [1.165, 1.54) is 11.3 Å². The first-order valence-corrected chi connectivity index (χ1v) is 8.40. The second-order valence-electron chi connectivity index (χ2n) is 6.40. The van der Waals surface area contributed by atoms with Gasteiger partial charge in [-0.05, 0) is 30.2 Å². The van der Waals surface area contributed by atoms with Crippen LogP contribution in [0, 0.1) is 13.5 Å². The van der Waals surface area contributed by atoms with Crippen molar-refractivity contribution < 1.29 is 0 Å². The lowest BCUT2D eigenvalue weighted by Gasteiger charge is -2.27. The van der Waals surface area contributed by atoms with Crippen molar-refractivity contribution in [3.05, 3.63) is 76.9 Å². The molecule has 0 amide bonds. The molecule has 0 bridgehead atoms. The van der Waals surface area contributed by atoms with Crippen LogP contribution in [0.1, 0.15) is 16.8 Å². The zero-order chi connectivity index (χ0) is 17.2. The minimum absolute atomic E-state index is 0.691. The summed E-state index contributed by atoms with van der Waals surface area (Å²) in [5, 5.41) is 4.74. The molecule has 4 rings (SSSR count). The lowest BCUT2D eigenvalue weighted by Crippen LogP contribution is -2.33. The predicted molar refractivity (Wildman–Crippen MR) is 97.0 cm³/mol. The summed E-state index contributed by atoms with van der Waals surface area (Å²) < 4.78 is 2.10. The van der Waals surface area contributed by atoms with E-state index >= 15 is 0 Å². The van der Waals surface area contributed by atoms with E-state index in [2.05, 4.69) is 38.5 Å². The van der Waals surface area contributed by atoms with E-state index in [1.807, 2.05) is 36.5 Å². The SMILES string of the molecule is [C-]#[N+]c1ccc(CN2CCn3nc(-c4ncccc4C)cc3C2)cc1. The zero-order valence-corrected chi connectivity index (χ0v) is 14.2. The number of fused-ring (bicyclic) bond motifs is 1. The maximum Gasteiger partial charge on any atom is 0.187 e. The van der Waals surface area contributed by atoms with E-state index in [9.17, 15) is 0 Å². The van der Waals surface area contributed by atoms with Gasteiger partial charge in [0.15, 0.2) is 5.69 Å². The van der Waals surface area contributed by atoms with Crippen LogP contribution in [0.2, 0.25) is 0 Å². The molecule has 3 aromatic rings. The van der Waals surface area contributed by atoms with Crippen LogP contribution in [0.15, 0.2) is 48.7 Å². The van der Waals surface area contributed by atoms with E-state index in [0.29, 0.717) is 5.69 Å². The van der Waals surface area contributed by atoms with Crippen LogP contribution in [0.5, 0.6) is 0 Å². The van der Waals surface area contributed by atoms with Crippen LogP contribution in [0.4, 0.5) is 5.69 Å². The minimum atomic E-state index is 0.691. The van der Waals surface area contributed by atoms with Crippen LogP contribution in [-0.2, 0) is 19.6 Å². The molecule has 0 unspecified atom stereocenters. The van der Waals surface area contributed by atoms with E-state index < -0.39 is 0 Å². The molecular formula is C20H19N5. The standard InChI is InChI=1S/C20H19N5/c1-15-4-3-9-22-20(15)19-12-18-14-24(10-11-25(18)23-19)13-16-5-7-17(21-2)8-6-16/h3-9,12H,10-11,13-14H2,1H3. The number of pyridine rings is 1. The summed E-state index contributed by atoms with van der Waals surface area (Å²) in [6, 6.07) is 14.0. The van der Waals surface area contributed by atoms with Gasteiger partial charge in [-0.15, -0.1) is 0 Å². The van der Waals surface area contributed by atoms with Crippen LogP contribution < -0.4 is 0 Å². The van der Waals surface area contributed by atoms with Crippen LogP contribution in [-0.4, -0.2) is 26.2 Å². The molecule has 1 aliphatic heterocycles. The average molecular weight is 329 g/mol. The van der Waals surface area contributed by atoms with Crippen molar-refractivity contribution in [3.8, 4) is 11.4 Å². The maximum atomic E-state index is 7.04. The summed E-state index contributed by atoms with van der Waals surface area (Å²) in [6.45, 7) is 12.7. The Labute approximate surface area is 147 Å². The molecule has 0 saturated carbocycles. The van der Waals surface area contributed by atoms with Crippen molar-refractivity contribution in [1.29, 1.82) is 0 Å². The Hall–Kier alpha value is -2.97. The number of rotatable bonds is 3. The Morgan fingerprint density at radius 3 is 2.76 bits per heavy atom. The number of aromatic nitrogens is 3. The lowest BCUT2D eigenvalue weighted by atomic mass is 10.1. The van der Waals surface area contributed by atoms with Gasteiger partial charge in [-0.25, -0.2) is 4.85 Å². The summed E-state index contributed by atoms with van der Waals surface area (Å²) in [6.07, 6.45) is 1.82. The molecule has 0 aliphatic carbocycles. The fraction of sp³-hybridized carbons (Fsp3) is 0.250. The third-order valence-corrected chi connectivity index (χ3v) is 4.60. The van der Waals surface area contributed by atoms with E-state index in [0.717, 1.165) is 43.1 Å². The Bertz CT molecular complexity index is 933. The van der Waals surface area contributed by atoms with Crippen LogP contribution >= 0.6 is 0 Å². The molecule has 25 heavy (non-hydrogen) atoms. The Kier molecular flexibility index (Phi) is 4.04. The smallest absolute Gasteiger partial charge is 0.187 e. The number of benzene rings is 1. The summed E-state index contributed by atoms with van der Waals surface area (Å²) in [5.41, 5.74) is 6.22. The Morgan fingerprint density at radius 1 is 1.16 bits per heavy atom. The number of aryl methyl sites for hydroxylation is 1. The van der Waals surface area contributed by atoms with Gasteiger partial charge in [0.25, 0.3) is 0 Å². The quantitative estimate of drug-likeness (QED) is 0.686. The van der Waals surface area contributed by atoms with Crippen molar-refractivity contribution in [2.24, 2.45) is 0 Å². The molecule has 1 aromatic carbocycles. The number of hydrogen-bond donors (Lipinski definition) is 0. The normalized spacial score (nSPS) is 14.1. The third-order valence-electron chi connectivity index (χ3n) is 4.60. The van der Waals surface area contributed by atoms with E-state index in [4.69, 9.17) is 11.7 Å². The van der Waals surface area contributed by atoms with Gasteiger partial charge in [0, 0.05) is 25.8 Å².